The SMILES string of the molecule is Cc1cc(C)n2nc(C(=O)OCC(=O)Nc3ccc(C(=O)N(C)C)cc3)nc2n1. The van der Waals surface area contributed by atoms with E-state index >= 15 is 0 Å². The lowest BCUT2D eigenvalue weighted by Crippen LogP contribution is -2.22. The summed E-state index contributed by atoms with van der Waals surface area (Å²) in [6.45, 7) is 3.13. The van der Waals surface area contributed by atoms with Gasteiger partial charge in [-0.05, 0) is 44.2 Å². The van der Waals surface area contributed by atoms with Crippen LogP contribution in [0.25, 0.3) is 5.78 Å². The molecule has 2 heterocycles. The second kappa shape index (κ2) is 8.05. The van der Waals surface area contributed by atoms with Crippen LogP contribution in [-0.4, -0.2) is 63.0 Å². The molecule has 0 saturated heterocycles. The minimum absolute atomic E-state index is 0.142. The second-order valence-corrected chi connectivity index (χ2v) is 6.59. The van der Waals surface area contributed by atoms with E-state index in [1.54, 1.807) is 38.4 Å². The Morgan fingerprint density at radius 2 is 1.79 bits per heavy atom. The van der Waals surface area contributed by atoms with Gasteiger partial charge < -0.3 is 15.0 Å². The van der Waals surface area contributed by atoms with Crippen LogP contribution < -0.4 is 5.32 Å². The molecule has 10 heteroatoms. The summed E-state index contributed by atoms with van der Waals surface area (Å²) in [6.07, 6.45) is 0. The Balaban J connectivity index is 1.58. The fourth-order valence-corrected chi connectivity index (χ4v) is 2.60. The summed E-state index contributed by atoms with van der Waals surface area (Å²) in [5.41, 5.74) is 2.49. The number of hydrogen-bond acceptors (Lipinski definition) is 7. The third-order valence-corrected chi connectivity index (χ3v) is 3.96. The van der Waals surface area contributed by atoms with Gasteiger partial charge in [0.15, 0.2) is 6.61 Å². The van der Waals surface area contributed by atoms with E-state index in [1.165, 1.54) is 9.42 Å². The molecular weight excluding hydrogens is 376 g/mol. The number of nitrogens with zero attached hydrogens (tertiary/aromatic N) is 5. The van der Waals surface area contributed by atoms with Crippen molar-refractivity contribution in [2.24, 2.45) is 0 Å². The van der Waals surface area contributed by atoms with E-state index in [9.17, 15) is 14.4 Å². The van der Waals surface area contributed by atoms with Crippen molar-refractivity contribution in [3.05, 3.63) is 53.1 Å². The molecule has 2 amide bonds. The minimum atomic E-state index is -0.824. The van der Waals surface area contributed by atoms with Gasteiger partial charge >= 0.3 is 5.97 Å². The topological polar surface area (TPSA) is 119 Å². The molecule has 3 rings (SSSR count). The van der Waals surface area contributed by atoms with Crippen LogP contribution in [0, 0.1) is 13.8 Å². The fraction of sp³-hybridized carbons (Fsp3) is 0.263. The number of fused-ring (bicyclic) bond motifs is 1. The standard InChI is InChI=1S/C19H20N6O4/c1-11-9-12(2)25-19(20-11)22-16(23-25)18(28)29-10-15(26)21-14-7-5-13(6-8-14)17(27)24(3)4/h5-9H,10H2,1-4H3,(H,21,26). The Morgan fingerprint density at radius 3 is 2.45 bits per heavy atom. The maximum absolute atomic E-state index is 12.1. The van der Waals surface area contributed by atoms with Crippen molar-refractivity contribution in [1.82, 2.24) is 24.5 Å². The zero-order valence-electron chi connectivity index (χ0n) is 16.5. The van der Waals surface area contributed by atoms with E-state index in [0.717, 1.165) is 11.4 Å². The summed E-state index contributed by atoms with van der Waals surface area (Å²) < 4.78 is 6.41. The van der Waals surface area contributed by atoms with E-state index in [-0.39, 0.29) is 17.5 Å². The summed E-state index contributed by atoms with van der Waals surface area (Å²) in [7, 11) is 3.31. The number of nitrogens with one attached hydrogen (secondary N) is 1. The highest BCUT2D eigenvalue weighted by Gasteiger charge is 2.18. The number of hydrogen-bond donors (Lipinski definition) is 1. The number of anilines is 1. The molecule has 10 nitrogen and oxygen atoms in total. The predicted octanol–water partition coefficient (Wildman–Crippen LogP) is 1.24. The van der Waals surface area contributed by atoms with Crippen LogP contribution >= 0.6 is 0 Å². The highest BCUT2D eigenvalue weighted by atomic mass is 16.5. The normalized spacial score (nSPS) is 10.6. The van der Waals surface area contributed by atoms with E-state index in [2.05, 4.69) is 20.4 Å². The third kappa shape index (κ3) is 4.54. The van der Waals surface area contributed by atoms with Crippen LogP contribution in [0.3, 0.4) is 0 Å². The number of ether oxygens (including phenoxy) is 1. The lowest BCUT2D eigenvalue weighted by Gasteiger charge is -2.11. The zero-order valence-corrected chi connectivity index (χ0v) is 16.5. The summed E-state index contributed by atoms with van der Waals surface area (Å²) in [4.78, 5) is 45.7. The number of rotatable bonds is 5. The van der Waals surface area contributed by atoms with Gasteiger partial charge in [0.2, 0.25) is 0 Å². The Bertz CT molecular complexity index is 1090. The first-order valence-electron chi connectivity index (χ1n) is 8.74. The number of amides is 2. The van der Waals surface area contributed by atoms with Crippen molar-refractivity contribution in [2.75, 3.05) is 26.0 Å². The molecule has 0 aliphatic carbocycles. The van der Waals surface area contributed by atoms with Gasteiger partial charge in [-0.25, -0.2) is 14.3 Å². The largest absolute Gasteiger partial charge is 0.450 e. The average Bonchev–Trinajstić information content (AvgIpc) is 3.10. The van der Waals surface area contributed by atoms with Crippen molar-refractivity contribution in [3.63, 3.8) is 0 Å². The predicted molar refractivity (Wildman–Crippen MR) is 104 cm³/mol. The molecule has 0 unspecified atom stereocenters. The van der Waals surface area contributed by atoms with Gasteiger partial charge in [0.05, 0.1) is 0 Å². The highest BCUT2D eigenvalue weighted by Crippen LogP contribution is 2.11. The number of aromatic nitrogens is 4. The molecule has 0 fully saturated rings. The average molecular weight is 396 g/mol. The van der Waals surface area contributed by atoms with Gasteiger partial charge in [0.25, 0.3) is 23.4 Å². The number of aryl methyl sites for hydroxylation is 2. The molecule has 0 spiro atoms. The molecule has 0 aliphatic rings. The van der Waals surface area contributed by atoms with Gasteiger partial charge in [-0.2, -0.15) is 4.98 Å². The van der Waals surface area contributed by atoms with Crippen LogP contribution in [0.15, 0.2) is 30.3 Å². The van der Waals surface area contributed by atoms with E-state index < -0.39 is 18.5 Å². The summed E-state index contributed by atoms with van der Waals surface area (Å²) >= 11 is 0. The lowest BCUT2D eigenvalue weighted by molar-refractivity contribution is -0.119. The van der Waals surface area contributed by atoms with Gasteiger partial charge in [-0.15, -0.1) is 5.10 Å². The molecule has 3 aromatic rings. The monoisotopic (exact) mass is 396 g/mol. The first-order valence-corrected chi connectivity index (χ1v) is 8.74. The molecule has 0 aliphatic heterocycles. The van der Waals surface area contributed by atoms with Gasteiger partial charge in [0, 0.05) is 36.7 Å². The van der Waals surface area contributed by atoms with Crippen LogP contribution in [0.1, 0.15) is 32.4 Å². The molecular formula is C19H20N6O4. The molecule has 0 bridgehead atoms. The zero-order chi connectivity index (χ0) is 21.1. The van der Waals surface area contributed by atoms with E-state index in [0.29, 0.717) is 11.3 Å². The number of carbonyl (C=O) groups excluding carboxylic acids is 3. The highest BCUT2D eigenvalue weighted by molar-refractivity contribution is 5.96. The maximum atomic E-state index is 12.1. The molecule has 29 heavy (non-hydrogen) atoms. The molecule has 150 valence electrons. The molecule has 2 aromatic heterocycles. The Kier molecular flexibility index (Phi) is 5.53. The van der Waals surface area contributed by atoms with Crippen LogP contribution in [0.2, 0.25) is 0 Å². The van der Waals surface area contributed by atoms with Crippen LogP contribution in [0.5, 0.6) is 0 Å². The minimum Gasteiger partial charge on any atom is -0.450 e. The lowest BCUT2D eigenvalue weighted by atomic mass is 10.2. The van der Waals surface area contributed by atoms with Crippen LogP contribution in [-0.2, 0) is 9.53 Å². The van der Waals surface area contributed by atoms with E-state index in [1.807, 2.05) is 19.9 Å². The number of carbonyl (C=O) groups is 3. The van der Waals surface area contributed by atoms with Crippen LogP contribution in [0.4, 0.5) is 5.69 Å². The Hall–Kier alpha value is -3.82. The van der Waals surface area contributed by atoms with Gasteiger partial charge in [0.1, 0.15) is 0 Å². The van der Waals surface area contributed by atoms with Crippen molar-refractivity contribution >= 4 is 29.2 Å². The molecule has 1 N–H and O–H groups in total. The Labute approximate surface area is 166 Å². The van der Waals surface area contributed by atoms with E-state index in [4.69, 9.17) is 4.74 Å². The van der Waals surface area contributed by atoms with Gasteiger partial charge in [-0.1, -0.05) is 0 Å². The van der Waals surface area contributed by atoms with Crippen molar-refractivity contribution in [1.29, 1.82) is 0 Å². The molecule has 1 aromatic carbocycles. The third-order valence-electron chi connectivity index (χ3n) is 3.96. The second-order valence-electron chi connectivity index (χ2n) is 6.59. The molecule has 0 radical (unpaired) electrons. The van der Waals surface area contributed by atoms with Crippen molar-refractivity contribution in [3.8, 4) is 0 Å². The summed E-state index contributed by atoms with van der Waals surface area (Å²) in [5.74, 6) is -1.39. The quantitative estimate of drug-likeness (QED) is 0.645. The number of esters is 1. The van der Waals surface area contributed by atoms with Crippen molar-refractivity contribution < 1.29 is 19.1 Å². The maximum Gasteiger partial charge on any atom is 0.378 e. The summed E-state index contributed by atoms with van der Waals surface area (Å²) in [5, 5.41) is 6.64. The summed E-state index contributed by atoms with van der Waals surface area (Å²) in [6, 6.07) is 8.19. The Morgan fingerprint density at radius 1 is 1.10 bits per heavy atom. The molecule has 0 atom stereocenters. The van der Waals surface area contributed by atoms with Gasteiger partial charge in [-0.3, -0.25) is 9.59 Å². The smallest absolute Gasteiger partial charge is 0.378 e. The fourth-order valence-electron chi connectivity index (χ4n) is 2.60. The first kappa shape index (κ1) is 19.9. The number of benzene rings is 1. The molecule has 0 saturated carbocycles. The first-order chi connectivity index (χ1) is 13.7. The van der Waals surface area contributed by atoms with Crippen molar-refractivity contribution in [2.45, 2.75) is 13.8 Å².